The van der Waals surface area contributed by atoms with Crippen molar-refractivity contribution in [3.8, 4) is 5.75 Å². The number of benzene rings is 1. The smallest absolute Gasteiger partial charge is 0.258 e. The highest BCUT2D eigenvalue weighted by molar-refractivity contribution is 5.83. The van der Waals surface area contributed by atoms with E-state index in [1.54, 1.807) is 12.3 Å². The minimum atomic E-state index is -0.533. The average Bonchev–Trinajstić information content (AvgIpc) is 2.42. The van der Waals surface area contributed by atoms with E-state index in [4.69, 9.17) is 9.47 Å². The lowest BCUT2D eigenvalue weighted by Gasteiger charge is -2.08. The molecule has 0 aliphatic carbocycles. The fraction of sp³-hybridized carbons (Fsp3) is 0.357. The quantitative estimate of drug-likeness (QED) is 0.778. The van der Waals surface area contributed by atoms with E-state index in [1.165, 1.54) is 23.8 Å². The monoisotopic (exact) mass is 265 g/mol. The zero-order valence-corrected chi connectivity index (χ0v) is 11.0. The highest BCUT2D eigenvalue weighted by atomic mass is 19.1. The summed E-state index contributed by atoms with van der Waals surface area (Å²) in [7, 11) is 1.40. The van der Waals surface area contributed by atoms with Gasteiger partial charge in [0.15, 0.2) is 11.6 Å². The molecule has 0 unspecified atom stereocenters. The molecule has 1 heterocycles. The fourth-order valence-electron chi connectivity index (χ4n) is 1.92. The summed E-state index contributed by atoms with van der Waals surface area (Å²) in [5.41, 5.74) is -0.223. The molecule has 0 radical (unpaired) electrons. The van der Waals surface area contributed by atoms with E-state index in [0.717, 1.165) is 0 Å². The number of rotatable bonds is 5. The molecule has 0 saturated heterocycles. The SMILES string of the molecule is CCOCCn1ccc2cc(OC)c(F)cc2c1=O. The van der Waals surface area contributed by atoms with Gasteiger partial charge in [-0.05, 0) is 30.5 Å². The molecule has 0 atom stereocenters. The summed E-state index contributed by atoms with van der Waals surface area (Å²) >= 11 is 0. The second-order valence-corrected chi connectivity index (χ2v) is 4.09. The zero-order valence-electron chi connectivity index (χ0n) is 11.0. The van der Waals surface area contributed by atoms with Gasteiger partial charge in [-0.25, -0.2) is 4.39 Å². The number of pyridine rings is 1. The van der Waals surface area contributed by atoms with Crippen LogP contribution < -0.4 is 10.3 Å². The summed E-state index contributed by atoms with van der Waals surface area (Å²) in [6, 6.07) is 4.51. The second kappa shape index (κ2) is 5.84. The van der Waals surface area contributed by atoms with E-state index in [-0.39, 0.29) is 11.3 Å². The molecule has 0 saturated carbocycles. The van der Waals surface area contributed by atoms with Crippen molar-refractivity contribution in [2.45, 2.75) is 13.5 Å². The Balaban J connectivity index is 2.44. The fourth-order valence-corrected chi connectivity index (χ4v) is 1.92. The highest BCUT2D eigenvalue weighted by Crippen LogP contribution is 2.22. The molecule has 1 aromatic carbocycles. The van der Waals surface area contributed by atoms with Crippen molar-refractivity contribution in [3.05, 3.63) is 40.6 Å². The Hall–Kier alpha value is -1.88. The lowest BCUT2D eigenvalue weighted by atomic mass is 10.1. The second-order valence-electron chi connectivity index (χ2n) is 4.09. The first-order valence-corrected chi connectivity index (χ1v) is 6.11. The maximum absolute atomic E-state index is 13.6. The number of ether oxygens (including phenoxy) is 2. The van der Waals surface area contributed by atoms with E-state index < -0.39 is 5.82 Å². The van der Waals surface area contributed by atoms with Crippen LogP contribution in [0, 0.1) is 5.82 Å². The molecule has 2 aromatic rings. The van der Waals surface area contributed by atoms with Crippen LogP contribution in [0.25, 0.3) is 10.8 Å². The Morgan fingerprint density at radius 1 is 1.37 bits per heavy atom. The van der Waals surface area contributed by atoms with E-state index in [1.807, 2.05) is 6.92 Å². The molecule has 5 heteroatoms. The van der Waals surface area contributed by atoms with Gasteiger partial charge in [-0.1, -0.05) is 0 Å². The van der Waals surface area contributed by atoms with Gasteiger partial charge < -0.3 is 14.0 Å². The van der Waals surface area contributed by atoms with Crippen molar-refractivity contribution in [1.29, 1.82) is 0 Å². The third-order valence-electron chi connectivity index (χ3n) is 2.93. The number of hydrogen-bond donors (Lipinski definition) is 0. The predicted octanol–water partition coefficient (Wildman–Crippen LogP) is 2.19. The van der Waals surface area contributed by atoms with Gasteiger partial charge in [0.1, 0.15) is 0 Å². The van der Waals surface area contributed by atoms with Crippen LogP contribution in [0.5, 0.6) is 5.75 Å². The molecule has 2 rings (SSSR count). The van der Waals surface area contributed by atoms with Gasteiger partial charge in [0, 0.05) is 19.3 Å². The molecule has 0 spiro atoms. The van der Waals surface area contributed by atoms with Gasteiger partial charge in [0.25, 0.3) is 5.56 Å². The Labute approximate surface area is 110 Å². The summed E-state index contributed by atoms with van der Waals surface area (Å²) in [6.07, 6.45) is 1.68. The van der Waals surface area contributed by atoms with Crippen LogP contribution in [0.15, 0.2) is 29.2 Å². The van der Waals surface area contributed by atoms with Gasteiger partial charge in [-0.3, -0.25) is 4.79 Å². The minimum Gasteiger partial charge on any atom is -0.494 e. The Kier molecular flexibility index (Phi) is 4.16. The van der Waals surface area contributed by atoms with Gasteiger partial charge >= 0.3 is 0 Å². The van der Waals surface area contributed by atoms with Crippen molar-refractivity contribution in [2.75, 3.05) is 20.3 Å². The largest absolute Gasteiger partial charge is 0.494 e. The predicted molar refractivity (Wildman–Crippen MR) is 71.2 cm³/mol. The molecule has 0 aliphatic rings. The third-order valence-corrected chi connectivity index (χ3v) is 2.93. The summed E-state index contributed by atoms with van der Waals surface area (Å²) < 4.78 is 25.3. The molecule has 0 aliphatic heterocycles. The summed E-state index contributed by atoms with van der Waals surface area (Å²) in [5, 5.41) is 1.01. The summed E-state index contributed by atoms with van der Waals surface area (Å²) in [6.45, 7) is 3.41. The van der Waals surface area contributed by atoms with Crippen LogP contribution in [0.4, 0.5) is 4.39 Å². The first-order chi connectivity index (χ1) is 9.17. The van der Waals surface area contributed by atoms with Crippen LogP contribution in [-0.4, -0.2) is 24.9 Å². The van der Waals surface area contributed by atoms with E-state index in [0.29, 0.717) is 30.5 Å². The molecular formula is C14H16FNO3. The number of methoxy groups -OCH3 is 1. The molecule has 1 aromatic heterocycles. The van der Waals surface area contributed by atoms with Crippen molar-refractivity contribution < 1.29 is 13.9 Å². The molecule has 0 N–H and O–H groups in total. The van der Waals surface area contributed by atoms with Crippen molar-refractivity contribution >= 4 is 10.8 Å². The van der Waals surface area contributed by atoms with Crippen LogP contribution in [0.1, 0.15) is 6.92 Å². The number of halogens is 1. The highest BCUT2D eigenvalue weighted by Gasteiger charge is 2.09. The van der Waals surface area contributed by atoms with Gasteiger partial charge in [0.2, 0.25) is 0 Å². The normalized spacial score (nSPS) is 10.9. The number of nitrogens with zero attached hydrogens (tertiary/aromatic N) is 1. The first-order valence-electron chi connectivity index (χ1n) is 6.11. The van der Waals surface area contributed by atoms with Crippen LogP contribution >= 0.6 is 0 Å². The topological polar surface area (TPSA) is 40.5 Å². The molecule has 0 amide bonds. The lowest BCUT2D eigenvalue weighted by Crippen LogP contribution is -2.22. The maximum atomic E-state index is 13.6. The lowest BCUT2D eigenvalue weighted by molar-refractivity contribution is 0.138. The maximum Gasteiger partial charge on any atom is 0.258 e. The van der Waals surface area contributed by atoms with E-state index in [9.17, 15) is 9.18 Å². The molecule has 0 fully saturated rings. The Morgan fingerprint density at radius 2 is 2.16 bits per heavy atom. The molecule has 0 bridgehead atoms. The van der Waals surface area contributed by atoms with Crippen molar-refractivity contribution in [1.82, 2.24) is 4.57 Å². The van der Waals surface area contributed by atoms with Gasteiger partial charge in [-0.2, -0.15) is 0 Å². The Bertz CT molecular complexity index is 636. The van der Waals surface area contributed by atoms with Crippen LogP contribution in [-0.2, 0) is 11.3 Å². The first kappa shape index (κ1) is 13.5. The third kappa shape index (κ3) is 2.76. The van der Waals surface area contributed by atoms with Gasteiger partial charge in [-0.15, -0.1) is 0 Å². The van der Waals surface area contributed by atoms with Crippen molar-refractivity contribution in [3.63, 3.8) is 0 Å². The van der Waals surface area contributed by atoms with Crippen LogP contribution in [0.3, 0.4) is 0 Å². The molecular weight excluding hydrogens is 249 g/mol. The average molecular weight is 265 g/mol. The zero-order chi connectivity index (χ0) is 13.8. The molecule has 4 nitrogen and oxygen atoms in total. The summed E-state index contributed by atoms with van der Waals surface area (Å²) in [5.74, 6) is -0.395. The number of aromatic nitrogens is 1. The molecule has 102 valence electrons. The minimum absolute atomic E-state index is 0.138. The Morgan fingerprint density at radius 3 is 2.84 bits per heavy atom. The van der Waals surface area contributed by atoms with Crippen LogP contribution in [0.2, 0.25) is 0 Å². The number of hydrogen-bond acceptors (Lipinski definition) is 3. The molecule has 19 heavy (non-hydrogen) atoms. The van der Waals surface area contributed by atoms with Crippen molar-refractivity contribution in [2.24, 2.45) is 0 Å². The summed E-state index contributed by atoms with van der Waals surface area (Å²) in [4.78, 5) is 12.2. The van der Waals surface area contributed by atoms with E-state index >= 15 is 0 Å². The standard InChI is InChI=1S/C14H16FNO3/c1-3-19-7-6-16-5-4-10-8-13(18-2)12(15)9-11(10)14(16)17/h4-5,8-9H,3,6-7H2,1-2H3. The van der Waals surface area contributed by atoms with E-state index in [2.05, 4.69) is 0 Å². The van der Waals surface area contributed by atoms with Gasteiger partial charge in [0.05, 0.1) is 19.1 Å². The number of fused-ring (bicyclic) bond motifs is 1.